The van der Waals surface area contributed by atoms with E-state index in [0.717, 1.165) is 12.8 Å². The molecule has 25 heavy (non-hydrogen) atoms. The molecule has 0 heterocycles. The Bertz CT molecular complexity index is 801. The van der Waals surface area contributed by atoms with Gasteiger partial charge in [-0.1, -0.05) is 30.3 Å². The third kappa shape index (κ3) is 4.25. The standard InChI is InChI=1S/C20H22N2O3/c1-22(12-14-9-10-15-5-4-6-16(15)11-14)13-19(23)21-18-8-3-2-7-17(18)20(24)25/h2-3,7-11H,4-6,12-13H2,1H3,(H,21,23)(H,24,25). The Morgan fingerprint density at radius 3 is 2.68 bits per heavy atom. The van der Waals surface area contributed by atoms with Crippen LogP contribution in [0.2, 0.25) is 0 Å². The fraction of sp³-hybridized carbons (Fsp3) is 0.300. The highest BCUT2D eigenvalue weighted by Gasteiger charge is 2.14. The van der Waals surface area contributed by atoms with Crippen LogP contribution >= 0.6 is 0 Å². The Morgan fingerprint density at radius 1 is 1.12 bits per heavy atom. The Labute approximate surface area is 147 Å². The zero-order valence-corrected chi connectivity index (χ0v) is 14.3. The van der Waals surface area contributed by atoms with Crippen LogP contribution in [0.5, 0.6) is 0 Å². The Kier molecular flexibility index (Phi) is 5.14. The number of hydrogen-bond donors (Lipinski definition) is 2. The number of nitrogens with zero attached hydrogens (tertiary/aromatic N) is 1. The monoisotopic (exact) mass is 338 g/mol. The van der Waals surface area contributed by atoms with Crippen molar-refractivity contribution in [1.29, 1.82) is 0 Å². The van der Waals surface area contributed by atoms with E-state index in [1.54, 1.807) is 18.2 Å². The van der Waals surface area contributed by atoms with Crippen molar-refractivity contribution in [3.05, 3.63) is 64.7 Å². The average Bonchev–Trinajstić information content (AvgIpc) is 3.02. The predicted molar refractivity (Wildman–Crippen MR) is 96.8 cm³/mol. The normalized spacial score (nSPS) is 12.9. The first-order valence-electron chi connectivity index (χ1n) is 8.44. The fourth-order valence-corrected chi connectivity index (χ4v) is 3.30. The maximum Gasteiger partial charge on any atom is 0.337 e. The molecule has 2 aromatic carbocycles. The predicted octanol–water partition coefficient (Wildman–Crippen LogP) is 2.94. The molecule has 0 spiro atoms. The molecule has 1 amide bonds. The van der Waals surface area contributed by atoms with Crippen molar-refractivity contribution >= 4 is 17.6 Å². The summed E-state index contributed by atoms with van der Waals surface area (Å²) in [5, 5.41) is 11.9. The van der Waals surface area contributed by atoms with E-state index in [2.05, 4.69) is 23.5 Å². The van der Waals surface area contributed by atoms with E-state index in [-0.39, 0.29) is 18.0 Å². The number of carboxylic acids is 1. The number of fused-ring (bicyclic) bond motifs is 1. The Hall–Kier alpha value is -2.66. The van der Waals surface area contributed by atoms with Crippen LogP contribution in [-0.4, -0.2) is 35.5 Å². The van der Waals surface area contributed by atoms with Crippen LogP contribution in [-0.2, 0) is 24.2 Å². The van der Waals surface area contributed by atoms with Crippen molar-refractivity contribution in [2.24, 2.45) is 0 Å². The molecule has 0 atom stereocenters. The number of carboxylic acid groups (broad SMARTS) is 1. The van der Waals surface area contributed by atoms with Gasteiger partial charge < -0.3 is 10.4 Å². The largest absolute Gasteiger partial charge is 0.478 e. The summed E-state index contributed by atoms with van der Waals surface area (Å²) in [5.74, 6) is -1.28. The van der Waals surface area contributed by atoms with Gasteiger partial charge in [0.1, 0.15) is 0 Å². The number of benzene rings is 2. The van der Waals surface area contributed by atoms with Crippen molar-refractivity contribution in [2.75, 3.05) is 18.9 Å². The summed E-state index contributed by atoms with van der Waals surface area (Å²) in [6.45, 7) is 0.881. The highest BCUT2D eigenvalue weighted by Crippen LogP contribution is 2.23. The molecule has 0 saturated carbocycles. The molecule has 1 aliphatic carbocycles. The number of nitrogens with one attached hydrogen (secondary N) is 1. The second kappa shape index (κ2) is 7.49. The van der Waals surface area contributed by atoms with Gasteiger partial charge in [-0.3, -0.25) is 9.69 Å². The summed E-state index contributed by atoms with van der Waals surface area (Å²) in [5.41, 5.74) is 4.48. The zero-order chi connectivity index (χ0) is 17.8. The molecular weight excluding hydrogens is 316 g/mol. The van der Waals surface area contributed by atoms with E-state index in [0.29, 0.717) is 12.2 Å². The number of amides is 1. The number of hydrogen-bond acceptors (Lipinski definition) is 3. The van der Waals surface area contributed by atoms with Crippen LogP contribution in [0.1, 0.15) is 33.5 Å². The second-order valence-electron chi connectivity index (χ2n) is 6.53. The maximum absolute atomic E-state index is 12.2. The van der Waals surface area contributed by atoms with Crippen LogP contribution in [0, 0.1) is 0 Å². The van der Waals surface area contributed by atoms with Crippen molar-refractivity contribution in [1.82, 2.24) is 4.90 Å². The van der Waals surface area contributed by atoms with E-state index in [4.69, 9.17) is 0 Å². The molecule has 0 aliphatic heterocycles. The lowest BCUT2D eigenvalue weighted by Crippen LogP contribution is -2.30. The zero-order valence-electron chi connectivity index (χ0n) is 14.3. The number of carbonyl (C=O) groups is 2. The summed E-state index contributed by atoms with van der Waals surface area (Å²) in [4.78, 5) is 25.4. The summed E-state index contributed by atoms with van der Waals surface area (Å²) in [6, 6.07) is 13.0. The minimum atomic E-state index is -1.05. The molecule has 5 heteroatoms. The summed E-state index contributed by atoms with van der Waals surface area (Å²) in [7, 11) is 1.88. The van der Waals surface area contributed by atoms with Gasteiger partial charge in [0.15, 0.2) is 0 Å². The van der Waals surface area contributed by atoms with E-state index < -0.39 is 5.97 Å². The lowest BCUT2D eigenvalue weighted by molar-refractivity contribution is -0.117. The lowest BCUT2D eigenvalue weighted by atomic mass is 10.1. The Morgan fingerprint density at radius 2 is 1.88 bits per heavy atom. The summed E-state index contributed by atoms with van der Waals surface area (Å²) >= 11 is 0. The molecule has 2 aromatic rings. The maximum atomic E-state index is 12.2. The molecule has 0 radical (unpaired) electrons. The van der Waals surface area contributed by atoms with Gasteiger partial charge in [-0.2, -0.15) is 0 Å². The number of aromatic carboxylic acids is 1. The number of likely N-dealkylation sites (N-methyl/N-ethyl adjacent to an activating group) is 1. The van der Waals surface area contributed by atoms with Crippen LogP contribution in [0.4, 0.5) is 5.69 Å². The van der Waals surface area contributed by atoms with Gasteiger partial charge in [-0.25, -0.2) is 4.79 Å². The van der Waals surface area contributed by atoms with Crippen LogP contribution in [0.15, 0.2) is 42.5 Å². The van der Waals surface area contributed by atoms with Gasteiger partial charge in [-0.05, 0) is 55.1 Å². The molecule has 3 rings (SSSR count). The smallest absolute Gasteiger partial charge is 0.337 e. The average molecular weight is 338 g/mol. The minimum Gasteiger partial charge on any atom is -0.478 e. The topological polar surface area (TPSA) is 69.6 Å². The second-order valence-corrected chi connectivity index (χ2v) is 6.53. The van der Waals surface area contributed by atoms with E-state index in [1.165, 1.54) is 29.2 Å². The first-order chi connectivity index (χ1) is 12.0. The third-order valence-electron chi connectivity index (χ3n) is 4.46. The Balaban J connectivity index is 1.59. The number of rotatable bonds is 6. The van der Waals surface area contributed by atoms with E-state index >= 15 is 0 Å². The molecule has 130 valence electrons. The first kappa shape index (κ1) is 17.2. The summed E-state index contributed by atoms with van der Waals surface area (Å²) in [6.07, 6.45) is 3.52. The molecular formula is C20H22N2O3. The lowest BCUT2D eigenvalue weighted by Gasteiger charge is -2.17. The molecule has 2 N–H and O–H groups in total. The third-order valence-corrected chi connectivity index (χ3v) is 4.46. The van der Waals surface area contributed by atoms with E-state index in [9.17, 15) is 14.7 Å². The van der Waals surface area contributed by atoms with E-state index in [1.807, 2.05) is 11.9 Å². The molecule has 0 unspecified atom stereocenters. The molecule has 0 saturated heterocycles. The quantitative estimate of drug-likeness (QED) is 0.850. The molecule has 0 bridgehead atoms. The van der Waals surface area contributed by atoms with Crippen molar-refractivity contribution < 1.29 is 14.7 Å². The molecule has 5 nitrogen and oxygen atoms in total. The molecule has 0 fully saturated rings. The highest BCUT2D eigenvalue weighted by molar-refractivity contribution is 6.01. The minimum absolute atomic E-state index is 0.0946. The van der Waals surface area contributed by atoms with Crippen molar-refractivity contribution in [3.63, 3.8) is 0 Å². The van der Waals surface area contributed by atoms with Gasteiger partial charge in [-0.15, -0.1) is 0 Å². The van der Waals surface area contributed by atoms with Gasteiger partial charge >= 0.3 is 5.97 Å². The molecule has 1 aliphatic rings. The first-order valence-corrected chi connectivity index (χ1v) is 8.44. The van der Waals surface area contributed by atoms with Gasteiger partial charge in [0.2, 0.25) is 5.91 Å². The number of anilines is 1. The SMILES string of the molecule is CN(CC(=O)Nc1ccccc1C(=O)O)Cc1ccc2c(c1)CCC2. The fourth-order valence-electron chi connectivity index (χ4n) is 3.30. The molecule has 0 aromatic heterocycles. The number of aryl methyl sites for hydroxylation is 2. The van der Waals surface area contributed by atoms with Crippen LogP contribution in [0.3, 0.4) is 0 Å². The van der Waals surface area contributed by atoms with Crippen molar-refractivity contribution in [3.8, 4) is 0 Å². The highest BCUT2D eigenvalue weighted by atomic mass is 16.4. The van der Waals surface area contributed by atoms with Crippen molar-refractivity contribution in [2.45, 2.75) is 25.8 Å². The van der Waals surface area contributed by atoms with Gasteiger partial charge in [0, 0.05) is 6.54 Å². The van der Waals surface area contributed by atoms with Gasteiger partial charge in [0.25, 0.3) is 0 Å². The number of para-hydroxylation sites is 1. The van der Waals surface area contributed by atoms with Gasteiger partial charge in [0.05, 0.1) is 17.8 Å². The van der Waals surface area contributed by atoms with Crippen LogP contribution < -0.4 is 5.32 Å². The van der Waals surface area contributed by atoms with Crippen LogP contribution in [0.25, 0.3) is 0 Å². The summed E-state index contributed by atoms with van der Waals surface area (Å²) < 4.78 is 0. The number of carbonyl (C=O) groups excluding carboxylic acids is 1.